The zero-order chi connectivity index (χ0) is 18.2. The van der Waals surface area contributed by atoms with Crippen LogP contribution in [-0.2, 0) is 11.2 Å². The van der Waals surface area contributed by atoms with Crippen molar-refractivity contribution in [3.05, 3.63) is 95.8 Å². The van der Waals surface area contributed by atoms with Crippen LogP contribution in [0.15, 0.2) is 79.1 Å². The Kier molecular flexibility index (Phi) is 5.99. The highest BCUT2D eigenvalue weighted by Crippen LogP contribution is 2.21. The van der Waals surface area contributed by atoms with Crippen molar-refractivity contribution < 1.29 is 9.53 Å². The summed E-state index contributed by atoms with van der Waals surface area (Å²) in [5.41, 5.74) is 3.00. The van der Waals surface area contributed by atoms with Gasteiger partial charge < -0.3 is 10.1 Å². The average Bonchev–Trinajstić information content (AvgIpc) is 2.69. The number of aromatic nitrogens is 1. The normalized spacial score (nSPS) is 11.6. The van der Waals surface area contributed by atoms with Crippen molar-refractivity contribution in [3.63, 3.8) is 0 Å². The van der Waals surface area contributed by atoms with E-state index in [0.29, 0.717) is 13.0 Å². The van der Waals surface area contributed by atoms with Crippen LogP contribution < -0.4 is 10.1 Å². The van der Waals surface area contributed by atoms with Gasteiger partial charge in [-0.3, -0.25) is 9.78 Å². The Labute approximate surface area is 153 Å². The molecule has 26 heavy (non-hydrogen) atoms. The highest BCUT2D eigenvalue weighted by molar-refractivity contribution is 5.79. The zero-order valence-electron chi connectivity index (χ0n) is 14.8. The number of carbonyl (C=O) groups excluding carboxylic acids is 1. The van der Waals surface area contributed by atoms with E-state index < -0.39 is 0 Å². The number of nitrogens with zero attached hydrogens (tertiary/aromatic N) is 1. The molecule has 132 valence electrons. The topological polar surface area (TPSA) is 51.2 Å². The number of pyridine rings is 1. The van der Waals surface area contributed by atoms with Crippen LogP contribution in [0.1, 0.15) is 29.7 Å². The first-order chi connectivity index (χ1) is 12.8. The maximum atomic E-state index is 12.6. The van der Waals surface area contributed by atoms with E-state index in [4.69, 9.17) is 4.74 Å². The molecule has 0 saturated carbocycles. The average molecular weight is 346 g/mol. The van der Waals surface area contributed by atoms with Gasteiger partial charge in [0.05, 0.1) is 19.1 Å². The number of amides is 1. The Morgan fingerprint density at radius 3 is 2.27 bits per heavy atom. The number of ether oxygens (including phenoxy) is 1. The summed E-state index contributed by atoms with van der Waals surface area (Å²) in [4.78, 5) is 16.7. The minimum absolute atomic E-state index is 0.0279. The van der Waals surface area contributed by atoms with Gasteiger partial charge >= 0.3 is 0 Å². The summed E-state index contributed by atoms with van der Waals surface area (Å²) in [5.74, 6) is 0.787. The van der Waals surface area contributed by atoms with E-state index in [2.05, 4.69) is 10.3 Å². The van der Waals surface area contributed by atoms with Gasteiger partial charge in [-0.05, 0) is 47.9 Å². The maximum Gasteiger partial charge on any atom is 0.225 e. The molecule has 0 aliphatic carbocycles. The molecule has 1 N–H and O–H groups in total. The van der Waals surface area contributed by atoms with Crippen LogP contribution in [0.5, 0.6) is 5.75 Å². The largest absolute Gasteiger partial charge is 0.494 e. The summed E-state index contributed by atoms with van der Waals surface area (Å²) in [6, 6.07) is 21.2. The summed E-state index contributed by atoms with van der Waals surface area (Å²) in [6.45, 7) is 2.58. The van der Waals surface area contributed by atoms with Crippen molar-refractivity contribution in [2.75, 3.05) is 6.61 Å². The lowest BCUT2D eigenvalue weighted by atomic mass is 9.99. The number of hydrogen-bond acceptors (Lipinski definition) is 3. The summed E-state index contributed by atoms with van der Waals surface area (Å²) in [6.07, 6.45) is 3.80. The lowest BCUT2D eigenvalue weighted by Gasteiger charge is -2.20. The van der Waals surface area contributed by atoms with E-state index in [1.54, 1.807) is 12.4 Å². The summed E-state index contributed by atoms with van der Waals surface area (Å²) in [7, 11) is 0. The zero-order valence-corrected chi connectivity index (χ0v) is 14.8. The van der Waals surface area contributed by atoms with Crippen LogP contribution in [0.2, 0.25) is 0 Å². The van der Waals surface area contributed by atoms with E-state index in [0.717, 1.165) is 22.4 Å². The van der Waals surface area contributed by atoms with E-state index in [1.165, 1.54) is 0 Å². The highest BCUT2D eigenvalue weighted by Gasteiger charge is 2.16. The third kappa shape index (κ3) is 4.70. The molecule has 1 atom stereocenters. The number of benzene rings is 2. The molecule has 1 heterocycles. The molecule has 1 unspecified atom stereocenters. The molecule has 3 aromatic rings. The van der Waals surface area contributed by atoms with Crippen LogP contribution in [-0.4, -0.2) is 17.5 Å². The number of hydrogen-bond donors (Lipinski definition) is 1. The Bertz CT molecular complexity index is 778. The van der Waals surface area contributed by atoms with Crippen molar-refractivity contribution in [1.82, 2.24) is 10.3 Å². The fourth-order valence-electron chi connectivity index (χ4n) is 2.83. The third-order valence-corrected chi connectivity index (χ3v) is 4.08. The van der Waals surface area contributed by atoms with Gasteiger partial charge in [-0.1, -0.05) is 42.5 Å². The molecule has 2 aromatic carbocycles. The van der Waals surface area contributed by atoms with Gasteiger partial charge in [0, 0.05) is 12.4 Å². The lowest BCUT2D eigenvalue weighted by Crippen LogP contribution is -2.30. The predicted octanol–water partition coefficient (Wildman–Crippen LogP) is 3.93. The van der Waals surface area contributed by atoms with Crippen molar-refractivity contribution in [2.45, 2.75) is 19.4 Å². The van der Waals surface area contributed by atoms with Crippen LogP contribution in [0.25, 0.3) is 0 Å². The molecule has 0 aliphatic heterocycles. The van der Waals surface area contributed by atoms with Gasteiger partial charge in [0.15, 0.2) is 0 Å². The van der Waals surface area contributed by atoms with E-state index >= 15 is 0 Å². The second-order valence-electron chi connectivity index (χ2n) is 5.95. The Hall–Kier alpha value is -3.14. The van der Waals surface area contributed by atoms with Gasteiger partial charge in [0.25, 0.3) is 0 Å². The molecule has 4 heteroatoms. The molecule has 0 aliphatic rings. The summed E-state index contributed by atoms with van der Waals surface area (Å²) >= 11 is 0. The van der Waals surface area contributed by atoms with E-state index in [-0.39, 0.29) is 11.9 Å². The van der Waals surface area contributed by atoms with Crippen molar-refractivity contribution in [1.29, 1.82) is 0 Å². The van der Waals surface area contributed by atoms with Crippen LogP contribution in [0, 0.1) is 0 Å². The maximum absolute atomic E-state index is 12.6. The molecule has 1 aromatic heterocycles. The molecule has 3 rings (SSSR count). The minimum Gasteiger partial charge on any atom is -0.494 e. The fourth-order valence-corrected chi connectivity index (χ4v) is 2.83. The second-order valence-corrected chi connectivity index (χ2v) is 5.95. The van der Waals surface area contributed by atoms with Crippen LogP contribution >= 0.6 is 0 Å². The Morgan fingerprint density at radius 2 is 1.62 bits per heavy atom. The van der Waals surface area contributed by atoms with Gasteiger partial charge in [-0.25, -0.2) is 0 Å². The molecule has 0 radical (unpaired) electrons. The molecule has 4 nitrogen and oxygen atoms in total. The van der Waals surface area contributed by atoms with Crippen molar-refractivity contribution in [3.8, 4) is 5.75 Å². The number of rotatable bonds is 7. The number of nitrogens with one attached hydrogen (secondary N) is 1. The molecule has 1 amide bonds. The number of carbonyl (C=O) groups is 1. The Balaban J connectivity index is 1.73. The minimum atomic E-state index is -0.200. The summed E-state index contributed by atoms with van der Waals surface area (Å²) < 4.78 is 5.44. The first-order valence-electron chi connectivity index (χ1n) is 8.72. The monoisotopic (exact) mass is 346 g/mol. The van der Waals surface area contributed by atoms with Gasteiger partial charge in [0.1, 0.15) is 5.75 Å². The Morgan fingerprint density at radius 1 is 0.962 bits per heavy atom. The van der Waals surface area contributed by atoms with Crippen LogP contribution in [0.3, 0.4) is 0 Å². The van der Waals surface area contributed by atoms with E-state index in [1.807, 2.05) is 73.7 Å². The SMILES string of the molecule is CCOc1ccc(CC(=O)NC(c2ccccc2)c2ccncc2)cc1. The van der Waals surface area contributed by atoms with Crippen molar-refractivity contribution >= 4 is 5.91 Å². The third-order valence-electron chi connectivity index (χ3n) is 4.08. The standard InChI is InChI=1S/C22H22N2O2/c1-2-26-20-10-8-17(9-11-20)16-21(25)24-22(18-6-4-3-5-7-18)19-12-14-23-15-13-19/h3-15,22H,2,16H2,1H3,(H,24,25). The molecular weight excluding hydrogens is 324 g/mol. The second kappa shape index (κ2) is 8.81. The summed E-state index contributed by atoms with van der Waals surface area (Å²) in [5, 5.41) is 3.14. The van der Waals surface area contributed by atoms with Crippen molar-refractivity contribution in [2.24, 2.45) is 0 Å². The molecule has 0 spiro atoms. The fraction of sp³-hybridized carbons (Fsp3) is 0.182. The predicted molar refractivity (Wildman–Crippen MR) is 102 cm³/mol. The van der Waals surface area contributed by atoms with Crippen LogP contribution in [0.4, 0.5) is 0 Å². The molecule has 0 fully saturated rings. The smallest absolute Gasteiger partial charge is 0.225 e. The first kappa shape index (κ1) is 17.7. The highest BCUT2D eigenvalue weighted by atomic mass is 16.5. The lowest BCUT2D eigenvalue weighted by molar-refractivity contribution is -0.120. The quantitative estimate of drug-likeness (QED) is 0.705. The molecule has 0 saturated heterocycles. The van der Waals surface area contributed by atoms with Gasteiger partial charge in [-0.15, -0.1) is 0 Å². The molecular formula is C22H22N2O2. The van der Waals surface area contributed by atoms with Gasteiger partial charge in [-0.2, -0.15) is 0 Å². The van der Waals surface area contributed by atoms with E-state index in [9.17, 15) is 4.79 Å². The first-order valence-corrected chi connectivity index (χ1v) is 8.72. The van der Waals surface area contributed by atoms with Gasteiger partial charge in [0.2, 0.25) is 5.91 Å². The molecule has 0 bridgehead atoms.